The van der Waals surface area contributed by atoms with Crippen LogP contribution >= 0.6 is 11.8 Å². The van der Waals surface area contributed by atoms with Crippen molar-refractivity contribution in [2.45, 2.75) is 17.3 Å². The van der Waals surface area contributed by atoms with E-state index in [1.54, 1.807) is 30.6 Å². The fourth-order valence-electron chi connectivity index (χ4n) is 3.41. The van der Waals surface area contributed by atoms with E-state index in [0.717, 1.165) is 11.3 Å². The SMILES string of the molecule is C[C@@H](Sc1nnc(-c2cccnc2)n1-c1ccccc1)C(=O)Nc1ccc2c(c1)OCCO2. The number of pyridine rings is 1. The van der Waals surface area contributed by atoms with E-state index in [1.165, 1.54) is 11.8 Å². The molecular weight excluding hydrogens is 438 g/mol. The fourth-order valence-corrected chi connectivity index (χ4v) is 4.28. The molecule has 166 valence electrons. The van der Waals surface area contributed by atoms with Gasteiger partial charge in [-0.25, -0.2) is 0 Å². The number of carbonyl (C=O) groups is 1. The van der Waals surface area contributed by atoms with Crippen molar-refractivity contribution in [3.05, 3.63) is 73.1 Å². The molecule has 1 N–H and O–H groups in total. The third-order valence-electron chi connectivity index (χ3n) is 5.03. The summed E-state index contributed by atoms with van der Waals surface area (Å²) in [5.74, 6) is 1.82. The zero-order chi connectivity index (χ0) is 22.6. The van der Waals surface area contributed by atoms with Crippen molar-refractivity contribution in [1.82, 2.24) is 19.7 Å². The monoisotopic (exact) mass is 459 g/mol. The smallest absolute Gasteiger partial charge is 0.237 e. The van der Waals surface area contributed by atoms with Gasteiger partial charge in [0.2, 0.25) is 5.91 Å². The number of nitrogens with zero attached hydrogens (tertiary/aromatic N) is 4. The molecule has 0 aliphatic carbocycles. The number of carbonyl (C=O) groups excluding carboxylic acids is 1. The van der Waals surface area contributed by atoms with E-state index >= 15 is 0 Å². The van der Waals surface area contributed by atoms with Gasteiger partial charge in [-0.2, -0.15) is 0 Å². The maximum Gasteiger partial charge on any atom is 0.237 e. The Morgan fingerprint density at radius 3 is 2.64 bits per heavy atom. The van der Waals surface area contributed by atoms with Gasteiger partial charge in [0.05, 0.1) is 5.25 Å². The average molecular weight is 460 g/mol. The first-order valence-electron chi connectivity index (χ1n) is 10.5. The molecule has 0 saturated carbocycles. The molecule has 2 aromatic heterocycles. The topological polar surface area (TPSA) is 91.2 Å². The number of fused-ring (bicyclic) bond motifs is 1. The molecule has 5 rings (SSSR count). The number of rotatable bonds is 6. The maximum atomic E-state index is 12.9. The molecule has 0 spiro atoms. The number of hydrogen-bond acceptors (Lipinski definition) is 7. The number of thioether (sulfide) groups is 1. The Labute approximate surface area is 195 Å². The molecule has 0 saturated heterocycles. The molecule has 1 aliphatic rings. The van der Waals surface area contributed by atoms with Crippen LogP contribution in [0.25, 0.3) is 17.1 Å². The molecule has 1 amide bonds. The highest BCUT2D eigenvalue weighted by atomic mass is 32.2. The lowest BCUT2D eigenvalue weighted by atomic mass is 10.2. The van der Waals surface area contributed by atoms with Gasteiger partial charge in [0.15, 0.2) is 22.5 Å². The van der Waals surface area contributed by atoms with E-state index < -0.39 is 5.25 Å². The minimum absolute atomic E-state index is 0.151. The molecular formula is C24H21N5O3S. The Morgan fingerprint density at radius 1 is 1.03 bits per heavy atom. The van der Waals surface area contributed by atoms with Gasteiger partial charge >= 0.3 is 0 Å². The number of benzene rings is 2. The van der Waals surface area contributed by atoms with Gasteiger partial charge in [-0.3, -0.25) is 14.3 Å². The Balaban J connectivity index is 1.38. The lowest BCUT2D eigenvalue weighted by molar-refractivity contribution is -0.115. The third-order valence-corrected chi connectivity index (χ3v) is 6.07. The third kappa shape index (κ3) is 4.54. The van der Waals surface area contributed by atoms with E-state index in [9.17, 15) is 4.79 Å². The summed E-state index contributed by atoms with van der Waals surface area (Å²) in [5, 5.41) is 11.9. The van der Waals surface area contributed by atoms with E-state index in [1.807, 2.05) is 54.0 Å². The maximum absolute atomic E-state index is 12.9. The van der Waals surface area contributed by atoms with Gasteiger partial charge < -0.3 is 14.8 Å². The van der Waals surface area contributed by atoms with Crippen molar-refractivity contribution in [3.63, 3.8) is 0 Å². The van der Waals surface area contributed by atoms with E-state index in [2.05, 4.69) is 20.5 Å². The normalized spacial score (nSPS) is 13.4. The Hall–Kier alpha value is -3.85. The molecule has 0 radical (unpaired) electrons. The summed E-state index contributed by atoms with van der Waals surface area (Å²) >= 11 is 1.34. The second-order valence-electron chi connectivity index (χ2n) is 7.33. The molecule has 1 aliphatic heterocycles. The van der Waals surface area contributed by atoms with E-state index in [4.69, 9.17) is 9.47 Å². The van der Waals surface area contributed by atoms with Crippen LogP contribution in [0, 0.1) is 0 Å². The summed E-state index contributed by atoms with van der Waals surface area (Å²) in [6.07, 6.45) is 3.46. The van der Waals surface area contributed by atoms with Crippen molar-refractivity contribution in [2.24, 2.45) is 0 Å². The highest BCUT2D eigenvalue weighted by Crippen LogP contribution is 2.34. The Kier molecular flexibility index (Phi) is 5.95. The van der Waals surface area contributed by atoms with Crippen LogP contribution in [0.15, 0.2) is 78.2 Å². The van der Waals surface area contributed by atoms with Crippen molar-refractivity contribution in [1.29, 1.82) is 0 Å². The van der Waals surface area contributed by atoms with Gasteiger partial charge in [0, 0.05) is 35.4 Å². The molecule has 0 bridgehead atoms. The zero-order valence-corrected chi connectivity index (χ0v) is 18.7. The van der Waals surface area contributed by atoms with Crippen molar-refractivity contribution in [3.8, 4) is 28.6 Å². The molecule has 0 fully saturated rings. The Bertz CT molecular complexity index is 1260. The highest BCUT2D eigenvalue weighted by molar-refractivity contribution is 8.00. The number of amides is 1. The average Bonchev–Trinajstić information content (AvgIpc) is 3.28. The first-order chi connectivity index (χ1) is 16.2. The number of anilines is 1. The first kappa shape index (κ1) is 21.0. The standard InChI is InChI=1S/C24H21N5O3S/c1-16(23(30)26-18-9-10-20-21(14-18)32-13-12-31-20)33-24-28-27-22(17-6-5-11-25-15-17)29(24)19-7-3-2-4-8-19/h2-11,14-16H,12-13H2,1H3,(H,26,30)/t16-/m1/s1. The van der Waals surface area contributed by atoms with Crippen LogP contribution in [-0.4, -0.2) is 44.1 Å². The van der Waals surface area contributed by atoms with Crippen LogP contribution in [0.2, 0.25) is 0 Å². The summed E-state index contributed by atoms with van der Waals surface area (Å²) in [5.41, 5.74) is 2.40. The summed E-state index contributed by atoms with van der Waals surface area (Å²) in [4.78, 5) is 17.1. The summed E-state index contributed by atoms with van der Waals surface area (Å²) in [7, 11) is 0. The van der Waals surface area contributed by atoms with Crippen LogP contribution in [0.1, 0.15) is 6.92 Å². The highest BCUT2D eigenvalue weighted by Gasteiger charge is 2.22. The quantitative estimate of drug-likeness (QED) is 0.432. The Morgan fingerprint density at radius 2 is 1.85 bits per heavy atom. The number of ether oxygens (including phenoxy) is 2. The van der Waals surface area contributed by atoms with Crippen LogP contribution in [0.3, 0.4) is 0 Å². The molecule has 8 nitrogen and oxygen atoms in total. The van der Waals surface area contributed by atoms with E-state index in [0.29, 0.717) is 41.4 Å². The predicted octanol–water partition coefficient (Wildman–Crippen LogP) is 4.22. The van der Waals surface area contributed by atoms with Crippen LogP contribution in [0.4, 0.5) is 5.69 Å². The molecule has 0 unspecified atom stereocenters. The second kappa shape index (κ2) is 9.33. The zero-order valence-electron chi connectivity index (χ0n) is 17.8. The lowest BCUT2D eigenvalue weighted by Gasteiger charge is -2.19. The van der Waals surface area contributed by atoms with Crippen molar-refractivity contribution < 1.29 is 14.3 Å². The van der Waals surface area contributed by atoms with Crippen LogP contribution in [0.5, 0.6) is 11.5 Å². The first-order valence-corrected chi connectivity index (χ1v) is 11.4. The molecule has 2 aromatic carbocycles. The minimum atomic E-state index is -0.424. The molecule has 4 aromatic rings. The van der Waals surface area contributed by atoms with Crippen molar-refractivity contribution in [2.75, 3.05) is 18.5 Å². The number of hydrogen-bond donors (Lipinski definition) is 1. The predicted molar refractivity (Wildman–Crippen MR) is 126 cm³/mol. The molecule has 3 heterocycles. The summed E-state index contributed by atoms with van der Waals surface area (Å²) < 4.78 is 13.1. The van der Waals surface area contributed by atoms with Gasteiger partial charge in [-0.05, 0) is 43.3 Å². The minimum Gasteiger partial charge on any atom is -0.486 e. The molecule has 33 heavy (non-hydrogen) atoms. The van der Waals surface area contributed by atoms with E-state index in [-0.39, 0.29) is 5.91 Å². The van der Waals surface area contributed by atoms with Gasteiger partial charge in [-0.15, -0.1) is 10.2 Å². The van der Waals surface area contributed by atoms with Gasteiger partial charge in [0.25, 0.3) is 0 Å². The summed E-state index contributed by atoms with van der Waals surface area (Å²) in [6, 6.07) is 19.0. The van der Waals surface area contributed by atoms with Crippen LogP contribution in [-0.2, 0) is 4.79 Å². The summed E-state index contributed by atoms with van der Waals surface area (Å²) in [6.45, 7) is 2.85. The molecule has 9 heteroatoms. The molecule has 1 atom stereocenters. The second-order valence-corrected chi connectivity index (χ2v) is 8.63. The number of nitrogens with one attached hydrogen (secondary N) is 1. The number of aromatic nitrogens is 4. The van der Waals surface area contributed by atoms with Crippen LogP contribution < -0.4 is 14.8 Å². The largest absolute Gasteiger partial charge is 0.486 e. The van der Waals surface area contributed by atoms with Crippen molar-refractivity contribution >= 4 is 23.4 Å². The fraction of sp³-hybridized carbons (Fsp3) is 0.167. The van der Waals surface area contributed by atoms with Gasteiger partial charge in [0.1, 0.15) is 13.2 Å². The lowest BCUT2D eigenvalue weighted by Crippen LogP contribution is -2.23. The van der Waals surface area contributed by atoms with Gasteiger partial charge in [-0.1, -0.05) is 30.0 Å². The number of para-hydroxylation sites is 1.